The zero-order valence-corrected chi connectivity index (χ0v) is 15.8. The van der Waals surface area contributed by atoms with Crippen molar-refractivity contribution in [2.24, 2.45) is 0 Å². The third-order valence-corrected chi connectivity index (χ3v) is 4.45. The predicted molar refractivity (Wildman–Crippen MR) is 106 cm³/mol. The van der Waals surface area contributed by atoms with Crippen molar-refractivity contribution in [2.45, 2.75) is 0 Å². The molecular formula is C20H15Cl2NO4. The van der Waals surface area contributed by atoms with Crippen molar-refractivity contribution in [2.75, 3.05) is 19.0 Å². The summed E-state index contributed by atoms with van der Waals surface area (Å²) in [4.78, 5) is 24.1. The Balaban J connectivity index is 1.78. The van der Waals surface area contributed by atoms with Crippen molar-refractivity contribution >= 4 is 51.5 Å². The minimum atomic E-state index is -0.543. The molecule has 138 valence electrons. The Labute approximate surface area is 165 Å². The maximum Gasteiger partial charge on any atom is 0.339 e. The topological polar surface area (TPSA) is 64.6 Å². The van der Waals surface area contributed by atoms with Gasteiger partial charge in [0, 0.05) is 10.8 Å². The molecule has 3 rings (SSSR count). The fourth-order valence-corrected chi connectivity index (χ4v) is 3.22. The summed E-state index contributed by atoms with van der Waals surface area (Å²) in [5, 5.41) is 4.93. The molecule has 1 amide bonds. The van der Waals surface area contributed by atoms with E-state index in [4.69, 9.17) is 32.7 Å². The summed E-state index contributed by atoms with van der Waals surface area (Å²) in [5.74, 6) is -0.618. The Kier molecular flexibility index (Phi) is 5.84. The van der Waals surface area contributed by atoms with E-state index in [0.717, 1.165) is 5.39 Å². The molecule has 0 unspecified atom stereocenters. The van der Waals surface area contributed by atoms with Crippen molar-refractivity contribution in [3.05, 3.63) is 70.2 Å². The van der Waals surface area contributed by atoms with Crippen LogP contribution in [0.5, 0.6) is 5.75 Å². The van der Waals surface area contributed by atoms with Gasteiger partial charge in [-0.25, -0.2) is 4.79 Å². The van der Waals surface area contributed by atoms with E-state index in [0.29, 0.717) is 26.9 Å². The zero-order valence-electron chi connectivity index (χ0n) is 14.3. The minimum absolute atomic E-state index is 0.253. The van der Waals surface area contributed by atoms with E-state index in [-0.39, 0.29) is 12.2 Å². The average Bonchev–Trinajstić information content (AvgIpc) is 2.67. The van der Waals surface area contributed by atoms with Gasteiger partial charge in [-0.1, -0.05) is 59.6 Å². The molecule has 0 aliphatic heterocycles. The Morgan fingerprint density at radius 1 is 0.963 bits per heavy atom. The maximum atomic E-state index is 12.3. The number of para-hydroxylation sites is 1. The second-order valence-electron chi connectivity index (χ2n) is 5.59. The number of carbonyl (C=O) groups is 2. The Morgan fingerprint density at radius 3 is 2.37 bits per heavy atom. The number of hydrogen-bond donors (Lipinski definition) is 1. The molecule has 0 radical (unpaired) electrons. The standard InChI is InChI=1S/C20H15Cl2NO4/c1-26-20(25)14-8-4-5-9-17(14)23-18(24)11-27-19-13-7-3-2-6-12(13)15(21)10-16(19)22/h2-10H,11H2,1H3,(H,23,24). The normalized spacial score (nSPS) is 10.5. The van der Waals surface area contributed by atoms with Crippen LogP contribution in [0.3, 0.4) is 0 Å². The van der Waals surface area contributed by atoms with Crippen LogP contribution in [0.25, 0.3) is 10.8 Å². The number of halogens is 2. The number of fused-ring (bicyclic) bond motifs is 1. The molecule has 0 aliphatic carbocycles. The average molecular weight is 404 g/mol. The van der Waals surface area contributed by atoms with Crippen LogP contribution in [-0.4, -0.2) is 25.6 Å². The second kappa shape index (κ2) is 8.29. The van der Waals surface area contributed by atoms with Gasteiger partial charge in [0.1, 0.15) is 5.75 Å². The van der Waals surface area contributed by atoms with Gasteiger partial charge >= 0.3 is 5.97 Å². The molecule has 1 N–H and O–H groups in total. The number of esters is 1. The first-order valence-electron chi connectivity index (χ1n) is 7.98. The molecule has 0 spiro atoms. The molecule has 0 atom stereocenters. The molecule has 5 nitrogen and oxygen atoms in total. The highest BCUT2D eigenvalue weighted by Crippen LogP contribution is 2.38. The van der Waals surface area contributed by atoms with Crippen LogP contribution in [0.1, 0.15) is 10.4 Å². The minimum Gasteiger partial charge on any atom is -0.482 e. The van der Waals surface area contributed by atoms with Crippen molar-refractivity contribution in [3.8, 4) is 5.75 Å². The monoisotopic (exact) mass is 403 g/mol. The van der Waals surface area contributed by atoms with Crippen LogP contribution in [0, 0.1) is 0 Å². The van der Waals surface area contributed by atoms with E-state index in [1.165, 1.54) is 7.11 Å². The van der Waals surface area contributed by atoms with Gasteiger partial charge in [-0.2, -0.15) is 0 Å². The van der Waals surface area contributed by atoms with E-state index in [1.807, 2.05) is 24.3 Å². The molecular weight excluding hydrogens is 389 g/mol. The third kappa shape index (κ3) is 4.15. The first-order chi connectivity index (χ1) is 13.0. The number of nitrogens with one attached hydrogen (secondary N) is 1. The number of anilines is 1. The Morgan fingerprint density at radius 2 is 1.63 bits per heavy atom. The first-order valence-corrected chi connectivity index (χ1v) is 8.73. The zero-order chi connectivity index (χ0) is 19.4. The number of benzene rings is 3. The van der Waals surface area contributed by atoms with Crippen LogP contribution in [0.2, 0.25) is 10.0 Å². The van der Waals surface area contributed by atoms with Crippen LogP contribution < -0.4 is 10.1 Å². The summed E-state index contributed by atoms with van der Waals surface area (Å²) in [6.45, 7) is -0.291. The molecule has 7 heteroatoms. The van der Waals surface area contributed by atoms with Gasteiger partial charge < -0.3 is 14.8 Å². The van der Waals surface area contributed by atoms with Crippen molar-refractivity contribution in [1.29, 1.82) is 0 Å². The van der Waals surface area contributed by atoms with Gasteiger partial charge in [-0.3, -0.25) is 4.79 Å². The van der Waals surface area contributed by atoms with Gasteiger partial charge in [0.05, 0.1) is 28.4 Å². The summed E-state index contributed by atoms with van der Waals surface area (Å²) >= 11 is 12.4. The number of methoxy groups -OCH3 is 1. The summed E-state index contributed by atoms with van der Waals surface area (Å²) < 4.78 is 10.4. The molecule has 0 heterocycles. The fourth-order valence-electron chi connectivity index (χ4n) is 2.62. The van der Waals surface area contributed by atoms with E-state index >= 15 is 0 Å². The number of hydrogen-bond acceptors (Lipinski definition) is 4. The fraction of sp³-hybridized carbons (Fsp3) is 0.100. The molecule has 0 aliphatic rings. The highest BCUT2D eigenvalue weighted by Gasteiger charge is 2.15. The molecule has 0 aromatic heterocycles. The third-order valence-electron chi connectivity index (χ3n) is 3.85. The van der Waals surface area contributed by atoms with Crippen molar-refractivity contribution < 1.29 is 19.1 Å². The molecule has 0 saturated heterocycles. The van der Waals surface area contributed by atoms with Gasteiger partial charge in [-0.15, -0.1) is 0 Å². The summed E-state index contributed by atoms with van der Waals surface area (Å²) in [6.07, 6.45) is 0. The number of amides is 1. The SMILES string of the molecule is COC(=O)c1ccccc1NC(=O)COc1c(Cl)cc(Cl)c2ccccc12. The maximum absolute atomic E-state index is 12.3. The highest BCUT2D eigenvalue weighted by atomic mass is 35.5. The van der Waals surface area contributed by atoms with Crippen molar-refractivity contribution in [3.63, 3.8) is 0 Å². The molecule has 0 bridgehead atoms. The van der Waals surface area contributed by atoms with Gasteiger partial charge in [0.15, 0.2) is 6.61 Å². The molecule has 0 fully saturated rings. The quantitative estimate of drug-likeness (QED) is 0.612. The van der Waals surface area contributed by atoms with Crippen LogP contribution in [0.4, 0.5) is 5.69 Å². The van der Waals surface area contributed by atoms with Crippen molar-refractivity contribution in [1.82, 2.24) is 0 Å². The summed E-state index contributed by atoms with van der Waals surface area (Å²) in [7, 11) is 1.28. The molecule has 0 saturated carbocycles. The summed E-state index contributed by atoms with van der Waals surface area (Å²) in [5.41, 5.74) is 0.591. The van der Waals surface area contributed by atoms with Gasteiger partial charge in [0.25, 0.3) is 5.91 Å². The van der Waals surface area contributed by atoms with Crippen LogP contribution >= 0.6 is 23.2 Å². The number of rotatable bonds is 5. The number of ether oxygens (including phenoxy) is 2. The smallest absolute Gasteiger partial charge is 0.339 e. The molecule has 3 aromatic rings. The van der Waals surface area contributed by atoms with E-state index < -0.39 is 11.9 Å². The predicted octanol–water partition coefficient (Wildman–Crippen LogP) is 4.95. The highest BCUT2D eigenvalue weighted by molar-refractivity contribution is 6.39. The molecule has 3 aromatic carbocycles. The largest absolute Gasteiger partial charge is 0.482 e. The van der Waals surface area contributed by atoms with Gasteiger partial charge in [-0.05, 0) is 18.2 Å². The molecule has 27 heavy (non-hydrogen) atoms. The van der Waals surface area contributed by atoms with Crippen LogP contribution in [0.15, 0.2) is 54.6 Å². The summed E-state index contributed by atoms with van der Waals surface area (Å²) in [6, 6.07) is 15.5. The Bertz CT molecular complexity index is 1020. The number of carbonyl (C=O) groups excluding carboxylic acids is 2. The van der Waals surface area contributed by atoms with E-state index in [9.17, 15) is 9.59 Å². The van der Waals surface area contributed by atoms with Crippen LogP contribution in [-0.2, 0) is 9.53 Å². The lowest BCUT2D eigenvalue weighted by molar-refractivity contribution is -0.118. The lowest BCUT2D eigenvalue weighted by atomic mass is 10.1. The van der Waals surface area contributed by atoms with E-state index in [2.05, 4.69) is 5.32 Å². The lowest BCUT2D eigenvalue weighted by Gasteiger charge is -2.13. The first kappa shape index (κ1) is 19.0. The van der Waals surface area contributed by atoms with E-state index in [1.54, 1.807) is 30.3 Å². The van der Waals surface area contributed by atoms with Gasteiger partial charge in [0.2, 0.25) is 0 Å². The second-order valence-corrected chi connectivity index (χ2v) is 6.40. The lowest BCUT2D eigenvalue weighted by Crippen LogP contribution is -2.22. The Hall–Kier alpha value is -2.76.